The summed E-state index contributed by atoms with van der Waals surface area (Å²) in [6.07, 6.45) is -1.62. The first-order valence-corrected chi connectivity index (χ1v) is 9.44. The highest BCUT2D eigenvalue weighted by Crippen LogP contribution is 2.30. The van der Waals surface area contributed by atoms with Gasteiger partial charge < -0.3 is 0 Å². The summed E-state index contributed by atoms with van der Waals surface area (Å²) in [4.78, 5) is 17.6. The van der Waals surface area contributed by atoms with Gasteiger partial charge in [0.1, 0.15) is 11.6 Å². The second-order valence-corrected chi connectivity index (χ2v) is 7.09. The summed E-state index contributed by atoms with van der Waals surface area (Å²) in [5.41, 5.74) is -0.235. The molecule has 0 fully saturated rings. The van der Waals surface area contributed by atoms with Gasteiger partial charge in [-0.1, -0.05) is 41.9 Å². The quantitative estimate of drug-likeness (QED) is 0.344. The second kappa shape index (κ2) is 8.00. The van der Waals surface area contributed by atoms with Crippen LogP contribution in [0.5, 0.6) is 0 Å². The van der Waals surface area contributed by atoms with E-state index < -0.39 is 23.1 Å². The molecule has 0 saturated heterocycles. The van der Waals surface area contributed by atoms with Gasteiger partial charge in [-0.2, -0.15) is 13.2 Å². The molecule has 0 unspecified atom stereocenters. The molecule has 0 amide bonds. The maximum Gasteiger partial charge on any atom is 0.416 e. The van der Waals surface area contributed by atoms with Crippen LogP contribution < -0.4 is 5.56 Å². The molecule has 3 nitrogen and oxygen atoms in total. The molecule has 0 aliphatic carbocycles. The molecule has 156 valence electrons. The van der Waals surface area contributed by atoms with E-state index in [1.54, 1.807) is 24.3 Å². The fourth-order valence-electron chi connectivity index (χ4n) is 3.12. The van der Waals surface area contributed by atoms with Crippen molar-refractivity contribution < 1.29 is 17.6 Å². The Labute approximate surface area is 178 Å². The minimum absolute atomic E-state index is 0.156. The van der Waals surface area contributed by atoms with Crippen LogP contribution in [-0.4, -0.2) is 9.55 Å². The third kappa shape index (κ3) is 4.22. The normalized spacial score (nSPS) is 12.0. The molecule has 0 saturated carbocycles. The third-order valence-corrected chi connectivity index (χ3v) is 4.89. The largest absolute Gasteiger partial charge is 0.416 e. The van der Waals surface area contributed by atoms with Gasteiger partial charge >= 0.3 is 6.18 Å². The Morgan fingerprint density at radius 3 is 2.45 bits per heavy atom. The first-order chi connectivity index (χ1) is 14.7. The molecule has 3 aromatic carbocycles. The first kappa shape index (κ1) is 20.8. The summed E-state index contributed by atoms with van der Waals surface area (Å²) in [7, 11) is 0. The minimum atomic E-state index is -4.47. The molecule has 0 bridgehead atoms. The van der Waals surface area contributed by atoms with Crippen molar-refractivity contribution in [2.24, 2.45) is 0 Å². The molecule has 1 aromatic heterocycles. The van der Waals surface area contributed by atoms with E-state index in [-0.39, 0.29) is 22.1 Å². The first-order valence-electron chi connectivity index (χ1n) is 9.06. The Hall–Kier alpha value is -3.45. The molecule has 4 aromatic rings. The molecule has 0 aliphatic heterocycles. The molecule has 0 N–H and O–H groups in total. The van der Waals surface area contributed by atoms with Gasteiger partial charge in [0.25, 0.3) is 5.56 Å². The number of alkyl halides is 3. The van der Waals surface area contributed by atoms with Crippen LogP contribution in [-0.2, 0) is 6.18 Å². The highest BCUT2D eigenvalue weighted by Gasteiger charge is 2.30. The van der Waals surface area contributed by atoms with Crippen LogP contribution in [0.3, 0.4) is 0 Å². The van der Waals surface area contributed by atoms with Crippen molar-refractivity contribution in [2.75, 3.05) is 0 Å². The Kier molecular flexibility index (Phi) is 5.37. The van der Waals surface area contributed by atoms with Crippen LogP contribution in [0.25, 0.3) is 28.7 Å². The smallest absolute Gasteiger partial charge is 0.268 e. The maximum absolute atomic E-state index is 13.6. The highest BCUT2D eigenvalue weighted by molar-refractivity contribution is 6.30. The van der Waals surface area contributed by atoms with E-state index >= 15 is 0 Å². The standard InChI is InChI=1S/C23H13ClF4N2O/c24-18-13-16(9-10-19(18)25)30-21(29-20-7-2-1-6-17(20)22(30)31)11-8-14-4-3-5-15(12-14)23(26,27)28/h1-13H/b11-8+. The van der Waals surface area contributed by atoms with Crippen LogP contribution in [0.1, 0.15) is 17.0 Å². The summed E-state index contributed by atoms with van der Waals surface area (Å²) in [5, 5.41) is 0.157. The van der Waals surface area contributed by atoms with E-state index in [9.17, 15) is 22.4 Å². The average molecular weight is 445 g/mol. The SMILES string of the molecule is O=c1c2ccccc2nc(/C=C/c2cccc(C(F)(F)F)c2)n1-c1ccc(F)c(Cl)c1. The van der Waals surface area contributed by atoms with E-state index in [1.165, 1.54) is 41.0 Å². The number of aromatic nitrogens is 2. The zero-order valence-electron chi connectivity index (χ0n) is 15.7. The lowest BCUT2D eigenvalue weighted by molar-refractivity contribution is -0.137. The van der Waals surface area contributed by atoms with Crippen LogP contribution in [0, 0.1) is 5.82 Å². The molecule has 4 rings (SSSR count). The van der Waals surface area contributed by atoms with E-state index in [4.69, 9.17) is 11.6 Å². The molecule has 0 aliphatic rings. The number of benzene rings is 3. The Balaban J connectivity index is 1.90. The topological polar surface area (TPSA) is 34.9 Å². The summed E-state index contributed by atoms with van der Waals surface area (Å²) >= 11 is 5.88. The van der Waals surface area contributed by atoms with E-state index in [0.29, 0.717) is 10.9 Å². The third-order valence-electron chi connectivity index (χ3n) is 4.60. The molecule has 0 spiro atoms. The van der Waals surface area contributed by atoms with Crippen molar-refractivity contribution >= 4 is 34.7 Å². The van der Waals surface area contributed by atoms with E-state index in [0.717, 1.165) is 18.2 Å². The number of hydrogen-bond donors (Lipinski definition) is 0. The van der Waals surface area contributed by atoms with Crippen LogP contribution in [0.15, 0.2) is 71.5 Å². The van der Waals surface area contributed by atoms with Gasteiger partial charge in [-0.05, 0) is 54.1 Å². The molecular formula is C23H13ClF4N2O. The zero-order chi connectivity index (χ0) is 22.2. The number of rotatable bonds is 3. The van der Waals surface area contributed by atoms with Crippen LogP contribution >= 0.6 is 11.6 Å². The summed E-state index contributed by atoms with van der Waals surface area (Å²) in [5.74, 6) is -0.489. The predicted molar refractivity (Wildman–Crippen MR) is 113 cm³/mol. The van der Waals surface area contributed by atoms with E-state index in [2.05, 4.69) is 4.98 Å². The van der Waals surface area contributed by atoms with Gasteiger partial charge in [-0.25, -0.2) is 9.37 Å². The van der Waals surface area contributed by atoms with Crippen molar-refractivity contribution in [1.29, 1.82) is 0 Å². The summed E-state index contributed by atoms with van der Waals surface area (Å²) < 4.78 is 53.8. The molecule has 31 heavy (non-hydrogen) atoms. The van der Waals surface area contributed by atoms with Crippen molar-refractivity contribution in [2.45, 2.75) is 6.18 Å². The van der Waals surface area contributed by atoms with Crippen molar-refractivity contribution in [1.82, 2.24) is 9.55 Å². The van der Waals surface area contributed by atoms with Crippen molar-refractivity contribution in [3.8, 4) is 5.69 Å². The minimum Gasteiger partial charge on any atom is -0.268 e. The van der Waals surface area contributed by atoms with E-state index in [1.807, 2.05) is 0 Å². The lowest BCUT2D eigenvalue weighted by atomic mass is 10.1. The fourth-order valence-corrected chi connectivity index (χ4v) is 3.30. The van der Waals surface area contributed by atoms with Crippen molar-refractivity contribution in [3.05, 3.63) is 105 Å². The van der Waals surface area contributed by atoms with Crippen molar-refractivity contribution in [3.63, 3.8) is 0 Å². The summed E-state index contributed by atoms with van der Waals surface area (Å²) in [6, 6.07) is 15.2. The fraction of sp³-hybridized carbons (Fsp3) is 0.0435. The number of fused-ring (bicyclic) bond motifs is 1. The summed E-state index contributed by atoms with van der Waals surface area (Å²) in [6.45, 7) is 0. The van der Waals surface area contributed by atoms with Gasteiger partial charge in [-0.15, -0.1) is 0 Å². The number of nitrogens with zero attached hydrogens (tertiary/aromatic N) is 2. The molecule has 8 heteroatoms. The van der Waals surface area contributed by atoms with Gasteiger partial charge in [0, 0.05) is 0 Å². The monoisotopic (exact) mass is 444 g/mol. The molecule has 1 heterocycles. The lowest BCUT2D eigenvalue weighted by Gasteiger charge is -2.12. The number of halogens is 5. The average Bonchev–Trinajstić information content (AvgIpc) is 2.74. The highest BCUT2D eigenvalue weighted by atomic mass is 35.5. The molecular weight excluding hydrogens is 432 g/mol. The predicted octanol–water partition coefficient (Wildman–Crippen LogP) is 6.37. The van der Waals surface area contributed by atoms with Crippen LogP contribution in [0.4, 0.5) is 17.6 Å². The van der Waals surface area contributed by atoms with Gasteiger partial charge in [0.2, 0.25) is 0 Å². The number of hydrogen-bond acceptors (Lipinski definition) is 2. The van der Waals surface area contributed by atoms with Gasteiger partial charge in [0.05, 0.1) is 27.2 Å². The molecule has 0 radical (unpaired) electrons. The van der Waals surface area contributed by atoms with Gasteiger partial charge in [-0.3, -0.25) is 9.36 Å². The Morgan fingerprint density at radius 2 is 1.71 bits per heavy atom. The van der Waals surface area contributed by atoms with Crippen LogP contribution in [0.2, 0.25) is 5.02 Å². The Morgan fingerprint density at radius 1 is 0.935 bits per heavy atom. The Bertz CT molecular complexity index is 1380. The zero-order valence-corrected chi connectivity index (χ0v) is 16.5. The van der Waals surface area contributed by atoms with Gasteiger partial charge in [0.15, 0.2) is 0 Å². The maximum atomic E-state index is 13.6. The lowest BCUT2D eigenvalue weighted by Crippen LogP contribution is -2.22. The molecule has 0 atom stereocenters. The second-order valence-electron chi connectivity index (χ2n) is 6.68. The number of para-hydroxylation sites is 1.